The number of benzene rings is 2. The molecule has 0 aliphatic carbocycles. The van der Waals surface area contributed by atoms with Crippen molar-refractivity contribution in [2.75, 3.05) is 6.61 Å². The molecule has 0 saturated carbocycles. The average molecular weight is 312 g/mol. The molecule has 22 heavy (non-hydrogen) atoms. The van der Waals surface area contributed by atoms with Gasteiger partial charge in [0.2, 0.25) is 0 Å². The quantitative estimate of drug-likeness (QED) is 0.862. The van der Waals surface area contributed by atoms with Crippen LogP contribution >= 0.6 is 0 Å². The SMILES string of the molecule is CC(C)(C)[Si](CC(=O)CO)(c1ccccc1)c1ccccc1. The van der Waals surface area contributed by atoms with E-state index in [4.69, 9.17) is 0 Å². The molecule has 0 bridgehead atoms. The van der Waals surface area contributed by atoms with Gasteiger partial charge in [0.15, 0.2) is 5.78 Å². The zero-order valence-electron chi connectivity index (χ0n) is 13.5. The highest BCUT2D eigenvalue weighted by molar-refractivity contribution is 7.05. The number of rotatable bonds is 5. The van der Waals surface area contributed by atoms with Crippen molar-refractivity contribution < 1.29 is 9.90 Å². The summed E-state index contributed by atoms with van der Waals surface area (Å²) >= 11 is 0. The first-order chi connectivity index (χ1) is 10.4. The summed E-state index contributed by atoms with van der Waals surface area (Å²) in [7, 11) is -2.34. The van der Waals surface area contributed by atoms with Crippen molar-refractivity contribution in [1.82, 2.24) is 0 Å². The Morgan fingerprint density at radius 2 is 1.32 bits per heavy atom. The third kappa shape index (κ3) is 3.06. The molecule has 2 aromatic carbocycles. The zero-order chi connectivity index (χ0) is 16.2. The number of carbonyl (C=O) groups is 1. The van der Waals surface area contributed by atoms with E-state index < -0.39 is 8.07 Å². The fourth-order valence-corrected chi connectivity index (χ4v) is 8.53. The van der Waals surface area contributed by atoms with Crippen LogP contribution in [0, 0.1) is 0 Å². The first-order valence-corrected chi connectivity index (χ1v) is 9.86. The molecule has 0 spiro atoms. The summed E-state index contributed by atoms with van der Waals surface area (Å²) in [6.45, 7) is 6.25. The van der Waals surface area contributed by atoms with Gasteiger partial charge in [0.05, 0.1) is 0 Å². The van der Waals surface area contributed by atoms with Crippen LogP contribution in [0.15, 0.2) is 60.7 Å². The number of hydrogen-bond donors (Lipinski definition) is 1. The predicted octanol–water partition coefficient (Wildman–Crippen LogP) is 2.61. The van der Waals surface area contributed by atoms with E-state index in [1.807, 2.05) is 36.4 Å². The number of hydrogen-bond acceptors (Lipinski definition) is 2. The van der Waals surface area contributed by atoms with Crippen molar-refractivity contribution in [2.45, 2.75) is 31.9 Å². The molecule has 0 saturated heterocycles. The van der Waals surface area contributed by atoms with E-state index in [-0.39, 0.29) is 17.4 Å². The van der Waals surface area contributed by atoms with Crippen molar-refractivity contribution >= 4 is 24.2 Å². The van der Waals surface area contributed by atoms with E-state index >= 15 is 0 Å². The fraction of sp³-hybridized carbons (Fsp3) is 0.316. The van der Waals surface area contributed by atoms with Gasteiger partial charge in [-0.1, -0.05) is 91.8 Å². The summed E-state index contributed by atoms with van der Waals surface area (Å²) < 4.78 is 0. The third-order valence-corrected chi connectivity index (χ3v) is 10.6. The van der Waals surface area contributed by atoms with Crippen LogP contribution < -0.4 is 10.4 Å². The average Bonchev–Trinajstić information content (AvgIpc) is 2.52. The molecule has 0 fully saturated rings. The van der Waals surface area contributed by atoms with Gasteiger partial charge in [-0.3, -0.25) is 4.79 Å². The lowest BCUT2D eigenvalue weighted by molar-refractivity contribution is -0.119. The maximum atomic E-state index is 12.2. The number of Topliss-reactive ketones (excluding diaryl/α,β-unsaturated/α-hetero) is 1. The normalized spacial score (nSPS) is 12.2. The summed E-state index contributed by atoms with van der Waals surface area (Å²) in [5.74, 6) is -0.0747. The minimum Gasteiger partial charge on any atom is -0.389 e. The van der Waals surface area contributed by atoms with Gasteiger partial charge in [-0.25, -0.2) is 0 Å². The maximum absolute atomic E-state index is 12.2. The Labute approximate surface area is 133 Å². The van der Waals surface area contributed by atoms with Crippen LogP contribution in [0.3, 0.4) is 0 Å². The Bertz CT molecular complexity index is 575. The second-order valence-electron chi connectivity index (χ2n) is 6.76. The van der Waals surface area contributed by atoms with E-state index in [1.54, 1.807) is 0 Å². The molecule has 0 radical (unpaired) electrons. The second kappa shape index (κ2) is 6.59. The lowest BCUT2D eigenvalue weighted by Crippen LogP contribution is -2.65. The lowest BCUT2D eigenvalue weighted by Gasteiger charge is -2.43. The molecule has 0 unspecified atom stereocenters. The molecule has 3 heteroatoms. The van der Waals surface area contributed by atoms with Gasteiger partial charge >= 0.3 is 0 Å². The number of aliphatic hydroxyl groups is 1. The molecule has 0 aliphatic heterocycles. The Hall–Kier alpha value is -1.71. The Balaban J connectivity index is 2.73. The molecule has 2 aromatic rings. The molecule has 0 heterocycles. The van der Waals surface area contributed by atoms with Crippen molar-refractivity contribution in [3.8, 4) is 0 Å². The Kier molecular flexibility index (Phi) is 4.99. The summed E-state index contributed by atoms with van der Waals surface area (Å²) in [6.07, 6.45) is 0. The van der Waals surface area contributed by atoms with Crippen molar-refractivity contribution in [2.24, 2.45) is 0 Å². The highest BCUT2D eigenvalue weighted by atomic mass is 28.3. The molecular weight excluding hydrogens is 288 g/mol. The molecule has 2 rings (SSSR count). The molecule has 0 aliphatic rings. The van der Waals surface area contributed by atoms with Gasteiger partial charge < -0.3 is 5.11 Å². The lowest BCUT2D eigenvalue weighted by atomic mass is 10.2. The monoisotopic (exact) mass is 312 g/mol. The van der Waals surface area contributed by atoms with Crippen molar-refractivity contribution in [3.63, 3.8) is 0 Å². The topological polar surface area (TPSA) is 37.3 Å². The molecule has 0 atom stereocenters. The van der Waals surface area contributed by atoms with Crippen LogP contribution in [0.25, 0.3) is 0 Å². The summed E-state index contributed by atoms with van der Waals surface area (Å²) in [5.41, 5.74) is 0. The second-order valence-corrected chi connectivity index (χ2v) is 11.6. The van der Waals surface area contributed by atoms with Crippen LogP contribution in [0.4, 0.5) is 0 Å². The van der Waals surface area contributed by atoms with Crippen molar-refractivity contribution in [1.29, 1.82) is 0 Å². The molecule has 2 nitrogen and oxygen atoms in total. The molecule has 0 amide bonds. The fourth-order valence-electron chi connectivity index (χ4n) is 3.30. The number of ketones is 1. The highest BCUT2D eigenvalue weighted by Crippen LogP contribution is 2.38. The van der Waals surface area contributed by atoms with Crippen LogP contribution in [-0.4, -0.2) is 25.6 Å². The van der Waals surface area contributed by atoms with Gasteiger partial charge in [0, 0.05) is 6.04 Å². The predicted molar refractivity (Wildman–Crippen MR) is 94.5 cm³/mol. The number of aliphatic hydroxyl groups excluding tert-OH is 1. The maximum Gasteiger partial charge on any atom is 0.156 e. The van der Waals surface area contributed by atoms with E-state index in [1.165, 1.54) is 10.4 Å². The smallest absolute Gasteiger partial charge is 0.156 e. The van der Waals surface area contributed by atoms with E-state index in [0.717, 1.165) is 0 Å². The Morgan fingerprint density at radius 3 is 1.64 bits per heavy atom. The van der Waals surface area contributed by atoms with Crippen LogP contribution in [-0.2, 0) is 4.79 Å². The van der Waals surface area contributed by atoms with Gasteiger partial charge in [0.1, 0.15) is 14.7 Å². The first-order valence-electron chi connectivity index (χ1n) is 7.65. The standard InChI is InChI=1S/C19H24O2Si/c1-19(2,3)22(15-16(21)14-20,17-10-6-4-7-11-17)18-12-8-5-9-13-18/h4-13,20H,14-15H2,1-3H3. The zero-order valence-corrected chi connectivity index (χ0v) is 14.5. The summed E-state index contributed by atoms with van der Waals surface area (Å²) in [6, 6.07) is 21.1. The molecule has 0 aromatic heterocycles. The number of carbonyl (C=O) groups excluding carboxylic acids is 1. The van der Waals surface area contributed by atoms with Crippen LogP contribution in [0.5, 0.6) is 0 Å². The molecule has 116 valence electrons. The molecular formula is C19H24O2Si. The van der Waals surface area contributed by atoms with Crippen LogP contribution in [0.2, 0.25) is 11.1 Å². The van der Waals surface area contributed by atoms with Crippen LogP contribution in [0.1, 0.15) is 20.8 Å². The molecule has 1 N–H and O–H groups in total. The third-order valence-electron chi connectivity index (χ3n) is 4.45. The highest BCUT2D eigenvalue weighted by Gasteiger charge is 2.48. The van der Waals surface area contributed by atoms with Gasteiger partial charge in [-0.2, -0.15) is 0 Å². The summed E-state index contributed by atoms with van der Waals surface area (Å²) in [4.78, 5) is 12.2. The minimum atomic E-state index is -2.34. The Morgan fingerprint density at radius 1 is 0.909 bits per heavy atom. The van der Waals surface area contributed by atoms with Gasteiger partial charge in [-0.15, -0.1) is 0 Å². The first kappa shape index (κ1) is 16.7. The summed E-state index contributed by atoms with van der Waals surface area (Å²) in [5, 5.41) is 11.8. The van der Waals surface area contributed by atoms with E-state index in [2.05, 4.69) is 45.0 Å². The van der Waals surface area contributed by atoms with Gasteiger partial charge in [-0.05, 0) is 5.04 Å². The largest absolute Gasteiger partial charge is 0.389 e. The van der Waals surface area contributed by atoms with E-state index in [0.29, 0.717) is 6.04 Å². The van der Waals surface area contributed by atoms with Gasteiger partial charge in [0.25, 0.3) is 0 Å². The minimum absolute atomic E-state index is 0.0411. The van der Waals surface area contributed by atoms with Crippen molar-refractivity contribution in [3.05, 3.63) is 60.7 Å². The van der Waals surface area contributed by atoms with E-state index in [9.17, 15) is 9.90 Å².